The van der Waals surface area contributed by atoms with E-state index < -0.39 is 11.9 Å². The molecule has 0 bridgehead atoms. The van der Waals surface area contributed by atoms with Crippen molar-refractivity contribution in [1.82, 2.24) is 0 Å². The summed E-state index contributed by atoms with van der Waals surface area (Å²) in [5, 5.41) is 66.6. The van der Waals surface area contributed by atoms with Gasteiger partial charge in [0.05, 0.1) is 0 Å². The maximum atomic E-state index is 11.7. The molecule has 0 saturated heterocycles. The summed E-state index contributed by atoms with van der Waals surface area (Å²) >= 11 is 23.5. The minimum absolute atomic E-state index is 0. The van der Waals surface area contributed by atoms with Crippen LogP contribution in [0, 0.1) is 10.8 Å². The molecular weight excluding hydrogens is 1170 g/mol. The molecule has 61 heavy (non-hydrogen) atoms. The van der Waals surface area contributed by atoms with Crippen LogP contribution in [0.3, 0.4) is 0 Å². The van der Waals surface area contributed by atoms with E-state index in [9.17, 15) is 20.4 Å². The van der Waals surface area contributed by atoms with Gasteiger partial charge in [0.15, 0.2) is 0 Å². The Kier molecular flexibility index (Phi) is 33.3. The topological polar surface area (TPSA) is 222 Å². The van der Waals surface area contributed by atoms with E-state index in [0.717, 1.165) is 13.8 Å². The van der Waals surface area contributed by atoms with E-state index in [1.165, 1.54) is 49.1 Å². The predicted molar refractivity (Wildman–Crippen MR) is 222 cm³/mol. The standard InChI is InChI=1S/2C19H20Cl2N2O2.2C2H4O2.3Cd/c2*1-19(2,11-22-9-13-7-15(20)3-5-17(13)24)12-23-10-14-8-16(21)4-6-18(14)25;2*1-2(3)4;;;/h2*3-10,24-25H,11-12H2,1-2H3;2*1H3,(H,3,4);;;/q;;;;3*+2/p-6. The Balaban J connectivity index is -0.000000899. The quantitative estimate of drug-likeness (QED) is 0.140. The van der Waals surface area contributed by atoms with Crippen LogP contribution >= 0.6 is 46.4 Å². The van der Waals surface area contributed by atoms with E-state index in [4.69, 9.17) is 66.2 Å². The molecule has 0 radical (unpaired) electrons. The molecule has 4 aromatic carbocycles. The van der Waals surface area contributed by atoms with Crippen molar-refractivity contribution >= 4 is 83.2 Å². The maximum absolute atomic E-state index is 11.7. The molecule has 4 aromatic rings. The first-order valence-electron chi connectivity index (χ1n) is 17.2. The van der Waals surface area contributed by atoms with Crippen molar-refractivity contribution in [3.05, 3.63) is 115 Å². The van der Waals surface area contributed by atoms with Crippen molar-refractivity contribution in [2.75, 3.05) is 26.2 Å². The number of carboxylic acids is 2. The normalized spacial score (nSPS) is 10.9. The molecule has 0 heterocycles. The van der Waals surface area contributed by atoms with Crippen molar-refractivity contribution < 1.29 is 122 Å². The van der Waals surface area contributed by atoms with Gasteiger partial charge in [-0.2, -0.15) is 0 Å². The van der Waals surface area contributed by atoms with Gasteiger partial charge in [0.25, 0.3) is 0 Å². The first-order valence-corrected chi connectivity index (χ1v) is 18.7. The molecule has 0 atom stereocenters. The number of aliphatic imine (C=N–C) groups is 4. The molecule has 0 N–H and O–H groups in total. The summed E-state index contributed by atoms with van der Waals surface area (Å²) in [5.74, 6) is -2.64. The number of hydrogen-bond acceptors (Lipinski definition) is 12. The number of carboxylic acid groups (broad SMARTS) is 2. The third kappa shape index (κ3) is 29.6. The summed E-state index contributed by atoms with van der Waals surface area (Å²) in [4.78, 5) is 35.1. The number of hydrogen-bond donors (Lipinski definition) is 0. The van der Waals surface area contributed by atoms with Gasteiger partial charge in [-0.3, -0.25) is 20.0 Å². The average molecular weight is 1210 g/mol. The summed E-state index contributed by atoms with van der Waals surface area (Å²) < 4.78 is 0. The summed E-state index contributed by atoms with van der Waals surface area (Å²) in [5.41, 5.74) is 1.39. The Hall–Kier alpha value is -2.37. The van der Waals surface area contributed by atoms with Crippen molar-refractivity contribution in [2.24, 2.45) is 30.8 Å². The molecule has 0 fully saturated rings. The number of carbonyl (C=O) groups is 2. The Bertz CT molecular complexity index is 1820. The van der Waals surface area contributed by atoms with Crippen molar-refractivity contribution in [2.45, 2.75) is 41.5 Å². The van der Waals surface area contributed by atoms with Crippen LogP contribution < -0.4 is 30.6 Å². The first kappa shape index (κ1) is 62.9. The third-order valence-corrected chi connectivity index (χ3v) is 7.83. The van der Waals surface area contributed by atoms with Crippen LogP contribution in [0.5, 0.6) is 23.0 Å². The SMILES string of the molecule is CC(=O)[O-].CC(=O)[O-].CC(C)(CN=Cc1cc(Cl)ccc1[O-])CN=Cc1cc(Cl)ccc1[O-].CC(C)(CN=Cc1cc(Cl)ccc1[O-])CN=Cc1cc(Cl)ccc1[O-].[Cd+2].[Cd+2].[Cd+2]. The zero-order valence-electron chi connectivity index (χ0n) is 34.8. The van der Waals surface area contributed by atoms with Gasteiger partial charge in [0.2, 0.25) is 0 Å². The second kappa shape index (κ2) is 32.3. The summed E-state index contributed by atoms with van der Waals surface area (Å²) in [7, 11) is 0. The summed E-state index contributed by atoms with van der Waals surface area (Å²) in [6.07, 6.45) is 6.14. The predicted octanol–water partition coefficient (Wildman–Crippen LogP) is 4.91. The van der Waals surface area contributed by atoms with Gasteiger partial charge in [0, 0.05) is 93.9 Å². The zero-order chi connectivity index (χ0) is 44.1. The molecule has 0 aliphatic rings. The molecule has 0 aliphatic heterocycles. The van der Waals surface area contributed by atoms with Gasteiger partial charge in [-0.05, 0) is 84.6 Å². The van der Waals surface area contributed by atoms with Gasteiger partial charge in [-0.15, -0.1) is 0 Å². The van der Waals surface area contributed by atoms with Crippen LogP contribution in [0.4, 0.5) is 0 Å². The van der Waals surface area contributed by atoms with Crippen molar-refractivity contribution in [3.8, 4) is 23.0 Å². The Morgan fingerprint density at radius 3 is 0.787 bits per heavy atom. The van der Waals surface area contributed by atoms with E-state index in [-0.39, 0.29) is 116 Å². The van der Waals surface area contributed by atoms with E-state index in [1.54, 1.807) is 48.5 Å². The zero-order valence-corrected chi connectivity index (χ0v) is 49.9. The molecule has 0 aliphatic carbocycles. The van der Waals surface area contributed by atoms with Crippen LogP contribution in [0.2, 0.25) is 20.1 Å². The molecule has 0 aromatic heterocycles. The van der Waals surface area contributed by atoms with Crippen LogP contribution in [0.15, 0.2) is 92.8 Å². The van der Waals surface area contributed by atoms with Gasteiger partial charge >= 0.3 is 81.9 Å². The third-order valence-electron chi connectivity index (χ3n) is 6.89. The van der Waals surface area contributed by atoms with E-state index >= 15 is 0 Å². The van der Waals surface area contributed by atoms with E-state index in [0.29, 0.717) is 68.5 Å². The second-order valence-corrected chi connectivity index (χ2v) is 15.7. The Labute approximate surface area is 437 Å². The van der Waals surface area contributed by atoms with Crippen LogP contribution in [-0.2, 0) is 91.5 Å². The van der Waals surface area contributed by atoms with Crippen molar-refractivity contribution in [3.63, 3.8) is 0 Å². The number of rotatable bonds is 12. The van der Waals surface area contributed by atoms with E-state index in [2.05, 4.69) is 20.0 Å². The minimum atomic E-state index is -1.08. The fourth-order valence-electron chi connectivity index (χ4n) is 4.15. The molecule has 12 nitrogen and oxygen atoms in total. The first-order chi connectivity index (χ1) is 27.0. The fraction of sp³-hybridized carbons (Fsp3) is 0.286. The number of nitrogens with zero attached hydrogens (tertiary/aromatic N) is 4. The smallest absolute Gasteiger partial charge is 0.872 e. The molecule has 0 unspecified atom stereocenters. The van der Waals surface area contributed by atoms with Gasteiger partial charge in [0.1, 0.15) is 0 Å². The summed E-state index contributed by atoms with van der Waals surface area (Å²) in [6.45, 7) is 11.9. The number of aliphatic carboxylic acids is 2. The number of halogens is 4. The van der Waals surface area contributed by atoms with Gasteiger partial charge < -0.3 is 40.2 Å². The monoisotopic (exact) mass is 1210 g/mol. The van der Waals surface area contributed by atoms with Crippen molar-refractivity contribution in [1.29, 1.82) is 0 Å². The fourth-order valence-corrected chi connectivity index (χ4v) is 4.87. The molecule has 0 spiro atoms. The Morgan fingerprint density at radius 2 is 0.623 bits per heavy atom. The van der Waals surface area contributed by atoms with Gasteiger partial charge in [-0.25, -0.2) is 0 Å². The minimum Gasteiger partial charge on any atom is -0.872 e. The maximum Gasteiger partial charge on any atom is 2.00 e. The second-order valence-electron chi connectivity index (χ2n) is 13.9. The molecule has 0 amide bonds. The van der Waals surface area contributed by atoms with Gasteiger partial charge in [-0.1, -0.05) is 121 Å². The largest absolute Gasteiger partial charge is 2.00 e. The average Bonchev–Trinajstić information content (AvgIpc) is 3.10. The van der Waals surface area contributed by atoms with Crippen LogP contribution in [0.25, 0.3) is 0 Å². The number of carbonyl (C=O) groups excluding carboxylic acids is 2. The molecule has 312 valence electrons. The summed E-state index contributed by atoms with van der Waals surface area (Å²) in [6, 6.07) is 18.3. The molecule has 0 saturated carbocycles. The number of benzene rings is 4. The van der Waals surface area contributed by atoms with E-state index in [1.807, 2.05) is 27.7 Å². The van der Waals surface area contributed by atoms with Crippen LogP contribution in [0.1, 0.15) is 63.8 Å². The Morgan fingerprint density at radius 1 is 0.459 bits per heavy atom. The molecule has 19 heteroatoms. The molecular formula is C42H42Cd3Cl4N4O8. The van der Waals surface area contributed by atoms with Crippen LogP contribution in [-0.4, -0.2) is 63.0 Å². The molecule has 4 rings (SSSR count).